The Morgan fingerprint density at radius 2 is 1.59 bits per heavy atom. The van der Waals surface area contributed by atoms with Crippen LogP contribution in [0, 0.1) is 26.1 Å². The molecule has 0 unspecified atom stereocenters. The molecule has 0 aromatic heterocycles. The number of aromatic hydroxyl groups is 1. The number of hydrogen-bond acceptors (Lipinski definition) is 5. The average Bonchev–Trinajstić information content (AvgIpc) is 2.18. The second kappa shape index (κ2) is 4.77. The van der Waals surface area contributed by atoms with Crippen molar-refractivity contribution in [3.05, 3.63) is 37.9 Å². The number of nitro benzene ring substituents is 2. The van der Waals surface area contributed by atoms with Crippen molar-refractivity contribution in [1.29, 1.82) is 0 Å². The molecule has 92 valence electrons. The van der Waals surface area contributed by atoms with Crippen molar-refractivity contribution in [2.75, 3.05) is 0 Å². The monoisotopic (exact) mass is 240 g/mol. The first-order valence-corrected chi connectivity index (χ1v) is 4.97. The van der Waals surface area contributed by atoms with Crippen LogP contribution in [0.15, 0.2) is 12.1 Å². The molecule has 0 atom stereocenters. The van der Waals surface area contributed by atoms with Crippen molar-refractivity contribution in [2.24, 2.45) is 5.92 Å². The highest BCUT2D eigenvalue weighted by Gasteiger charge is 2.26. The largest absolute Gasteiger partial charge is 0.507 e. The smallest absolute Gasteiger partial charge is 0.283 e. The fraction of sp³-hybridized carbons (Fsp3) is 0.400. The highest BCUT2D eigenvalue weighted by molar-refractivity contribution is 5.58. The summed E-state index contributed by atoms with van der Waals surface area (Å²) in [5.74, 6) is -0.437. The highest BCUT2D eigenvalue weighted by Crippen LogP contribution is 2.34. The fourth-order valence-corrected chi connectivity index (χ4v) is 1.57. The van der Waals surface area contributed by atoms with Crippen LogP contribution in [0.2, 0.25) is 0 Å². The maximum atomic E-state index is 10.8. The van der Waals surface area contributed by atoms with Crippen molar-refractivity contribution < 1.29 is 15.0 Å². The zero-order chi connectivity index (χ0) is 13.2. The second-order valence-corrected chi connectivity index (χ2v) is 4.07. The van der Waals surface area contributed by atoms with E-state index in [9.17, 15) is 25.3 Å². The van der Waals surface area contributed by atoms with Crippen LogP contribution in [0.4, 0.5) is 11.4 Å². The topological polar surface area (TPSA) is 107 Å². The number of phenolic OH excluding ortho intramolecular Hbond substituents is 1. The van der Waals surface area contributed by atoms with Crippen molar-refractivity contribution in [3.8, 4) is 5.75 Å². The molecule has 1 rings (SSSR count). The predicted octanol–water partition coefficient (Wildman–Crippen LogP) is 2.41. The Balaban J connectivity index is 3.47. The number of rotatable bonds is 4. The van der Waals surface area contributed by atoms with E-state index in [1.807, 2.05) is 0 Å². The Morgan fingerprint density at radius 3 is 1.88 bits per heavy atom. The van der Waals surface area contributed by atoms with Crippen LogP contribution >= 0.6 is 0 Å². The van der Waals surface area contributed by atoms with E-state index in [1.165, 1.54) is 0 Å². The molecule has 0 amide bonds. The molecule has 7 nitrogen and oxygen atoms in total. The number of hydrogen-bond donors (Lipinski definition) is 1. The van der Waals surface area contributed by atoms with Gasteiger partial charge in [-0.15, -0.1) is 0 Å². The molecule has 0 saturated heterocycles. The summed E-state index contributed by atoms with van der Waals surface area (Å²) in [5.41, 5.74) is -0.774. The molecule has 7 heteroatoms. The van der Waals surface area contributed by atoms with Gasteiger partial charge in [0.05, 0.1) is 22.0 Å². The minimum atomic E-state index is -0.718. The van der Waals surface area contributed by atoms with E-state index < -0.39 is 27.0 Å². The Hall–Kier alpha value is -2.18. The summed E-state index contributed by atoms with van der Waals surface area (Å²) < 4.78 is 0. The minimum Gasteiger partial charge on any atom is -0.507 e. The Kier molecular flexibility index (Phi) is 3.62. The minimum absolute atomic E-state index is 0.0388. The van der Waals surface area contributed by atoms with Crippen LogP contribution < -0.4 is 0 Å². The van der Waals surface area contributed by atoms with Gasteiger partial charge in [0.25, 0.3) is 11.4 Å². The standard InChI is InChI=1S/C10H12N2O5/c1-6(2)3-8-9(11(14)15)4-7(13)5-10(8)12(16)17/h4-6,13H,3H2,1-2H3. The van der Waals surface area contributed by atoms with Crippen LogP contribution in [0.1, 0.15) is 19.4 Å². The lowest BCUT2D eigenvalue weighted by atomic mass is 9.99. The fourth-order valence-electron chi connectivity index (χ4n) is 1.57. The Morgan fingerprint density at radius 1 is 1.18 bits per heavy atom. The zero-order valence-corrected chi connectivity index (χ0v) is 9.41. The first-order valence-electron chi connectivity index (χ1n) is 4.97. The molecule has 0 fully saturated rings. The van der Waals surface area contributed by atoms with E-state index in [4.69, 9.17) is 0 Å². The molecule has 0 aliphatic heterocycles. The SMILES string of the molecule is CC(C)Cc1c([N+](=O)[O-])cc(O)cc1[N+](=O)[O-]. The third-order valence-corrected chi connectivity index (χ3v) is 2.19. The molecule has 1 aromatic rings. The van der Waals surface area contributed by atoms with Crippen molar-refractivity contribution in [1.82, 2.24) is 0 Å². The maximum Gasteiger partial charge on any atom is 0.283 e. The molecule has 1 aromatic carbocycles. The average molecular weight is 240 g/mol. The lowest BCUT2D eigenvalue weighted by Gasteiger charge is -2.07. The summed E-state index contributed by atoms with van der Waals surface area (Å²) in [5, 5.41) is 30.8. The number of nitro groups is 2. The third-order valence-electron chi connectivity index (χ3n) is 2.19. The number of nitrogens with zero attached hydrogens (tertiary/aromatic N) is 2. The lowest BCUT2D eigenvalue weighted by molar-refractivity contribution is -0.395. The first kappa shape index (κ1) is 12.9. The second-order valence-electron chi connectivity index (χ2n) is 4.07. The molecular weight excluding hydrogens is 228 g/mol. The van der Waals surface area contributed by atoms with E-state index in [2.05, 4.69) is 0 Å². The van der Waals surface area contributed by atoms with Gasteiger partial charge in [-0.25, -0.2) is 0 Å². The molecule has 1 N–H and O–H groups in total. The Labute approximate surface area is 97.0 Å². The normalized spacial score (nSPS) is 10.5. The van der Waals surface area contributed by atoms with Gasteiger partial charge in [0.2, 0.25) is 0 Å². The van der Waals surface area contributed by atoms with Crippen LogP contribution in [0.3, 0.4) is 0 Å². The molecular formula is C10H12N2O5. The molecule has 17 heavy (non-hydrogen) atoms. The molecule has 0 radical (unpaired) electrons. The van der Waals surface area contributed by atoms with Crippen molar-refractivity contribution in [3.63, 3.8) is 0 Å². The summed E-state index contributed by atoms with van der Waals surface area (Å²) in [4.78, 5) is 20.2. The Bertz CT molecular complexity index is 435. The van der Waals surface area contributed by atoms with Crippen LogP contribution in [0.25, 0.3) is 0 Å². The van der Waals surface area contributed by atoms with Gasteiger partial charge in [-0.05, 0) is 12.3 Å². The van der Waals surface area contributed by atoms with E-state index in [0.717, 1.165) is 12.1 Å². The van der Waals surface area contributed by atoms with E-state index in [0.29, 0.717) is 0 Å². The summed E-state index contributed by atoms with van der Waals surface area (Å²) in [6, 6.07) is 1.87. The third kappa shape index (κ3) is 2.90. The van der Waals surface area contributed by atoms with Gasteiger partial charge in [-0.2, -0.15) is 0 Å². The van der Waals surface area contributed by atoms with E-state index >= 15 is 0 Å². The quantitative estimate of drug-likeness (QED) is 0.642. The van der Waals surface area contributed by atoms with Crippen LogP contribution in [0.5, 0.6) is 5.75 Å². The summed E-state index contributed by atoms with van der Waals surface area (Å²) >= 11 is 0. The highest BCUT2D eigenvalue weighted by atomic mass is 16.6. The summed E-state index contributed by atoms with van der Waals surface area (Å²) in [6.45, 7) is 3.61. The molecule has 0 aliphatic rings. The maximum absolute atomic E-state index is 10.8. The van der Waals surface area contributed by atoms with Crippen LogP contribution in [-0.2, 0) is 6.42 Å². The van der Waals surface area contributed by atoms with Gasteiger partial charge < -0.3 is 5.11 Å². The predicted molar refractivity (Wildman–Crippen MR) is 60.0 cm³/mol. The molecule has 0 heterocycles. The number of benzene rings is 1. The number of phenols is 1. The summed E-state index contributed by atoms with van der Waals surface area (Å²) in [7, 11) is 0. The molecule has 0 saturated carbocycles. The molecule has 0 aliphatic carbocycles. The van der Waals surface area contributed by atoms with Crippen molar-refractivity contribution >= 4 is 11.4 Å². The van der Waals surface area contributed by atoms with Crippen LogP contribution in [-0.4, -0.2) is 15.0 Å². The van der Waals surface area contributed by atoms with Gasteiger partial charge in [0.15, 0.2) is 0 Å². The first-order chi connectivity index (χ1) is 7.82. The molecule has 0 bridgehead atoms. The molecule has 0 spiro atoms. The van der Waals surface area contributed by atoms with Gasteiger partial charge >= 0.3 is 0 Å². The van der Waals surface area contributed by atoms with Gasteiger partial charge in [0, 0.05) is 0 Å². The van der Waals surface area contributed by atoms with E-state index in [-0.39, 0.29) is 17.9 Å². The lowest BCUT2D eigenvalue weighted by Crippen LogP contribution is -2.04. The van der Waals surface area contributed by atoms with Gasteiger partial charge in [-0.3, -0.25) is 20.2 Å². The van der Waals surface area contributed by atoms with E-state index in [1.54, 1.807) is 13.8 Å². The zero-order valence-electron chi connectivity index (χ0n) is 9.41. The van der Waals surface area contributed by atoms with Crippen molar-refractivity contribution in [2.45, 2.75) is 20.3 Å². The summed E-state index contributed by atoms with van der Waals surface area (Å²) in [6.07, 6.45) is 0.215. The van der Waals surface area contributed by atoms with Gasteiger partial charge in [0.1, 0.15) is 11.3 Å². The van der Waals surface area contributed by atoms with Gasteiger partial charge in [-0.1, -0.05) is 13.8 Å².